The number of ether oxygens (including phenoxy) is 2. The second-order valence-electron chi connectivity index (χ2n) is 6.83. The second-order valence-corrected chi connectivity index (χ2v) is 7.26. The van der Waals surface area contributed by atoms with E-state index in [4.69, 9.17) is 26.8 Å². The fourth-order valence-corrected chi connectivity index (χ4v) is 3.76. The van der Waals surface area contributed by atoms with E-state index in [1.165, 1.54) is 6.33 Å². The lowest BCUT2D eigenvalue weighted by Crippen LogP contribution is -2.18. The van der Waals surface area contributed by atoms with E-state index in [-0.39, 0.29) is 12.3 Å². The Morgan fingerprint density at radius 1 is 1.18 bits per heavy atom. The van der Waals surface area contributed by atoms with Crippen molar-refractivity contribution in [1.29, 1.82) is 0 Å². The fraction of sp³-hybridized carbons (Fsp3) is 0.250. The van der Waals surface area contributed by atoms with Crippen LogP contribution in [0.1, 0.15) is 19.1 Å². The third-order valence-electron chi connectivity index (χ3n) is 4.99. The minimum Gasteiger partial charge on any atom is -0.491 e. The van der Waals surface area contributed by atoms with E-state index in [0.29, 0.717) is 17.4 Å². The first-order chi connectivity index (χ1) is 13.7. The number of rotatable bonds is 4. The van der Waals surface area contributed by atoms with Gasteiger partial charge in [-0.2, -0.15) is 0 Å². The summed E-state index contributed by atoms with van der Waals surface area (Å²) in [6.45, 7) is 0.478. The maximum Gasteiger partial charge on any atom is 0.147 e. The molecule has 8 heteroatoms. The molecule has 2 atom stereocenters. The Kier molecular flexibility index (Phi) is 4.26. The van der Waals surface area contributed by atoms with Gasteiger partial charge in [-0.25, -0.2) is 9.97 Å². The van der Waals surface area contributed by atoms with Crippen molar-refractivity contribution < 1.29 is 9.47 Å². The Morgan fingerprint density at radius 2 is 2.11 bits per heavy atom. The fourth-order valence-electron chi connectivity index (χ4n) is 3.59. The van der Waals surface area contributed by atoms with E-state index >= 15 is 0 Å². The number of aromatic nitrogens is 4. The minimum absolute atomic E-state index is 0.00973. The van der Waals surface area contributed by atoms with Crippen molar-refractivity contribution in [3.63, 3.8) is 0 Å². The summed E-state index contributed by atoms with van der Waals surface area (Å²) in [5.74, 6) is 1.24. The third-order valence-corrected chi connectivity index (χ3v) is 5.20. The van der Waals surface area contributed by atoms with Crippen molar-refractivity contribution in [2.45, 2.75) is 25.2 Å². The molecule has 0 bridgehead atoms. The predicted molar refractivity (Wildman–Crippen MR) is 107 cm³/mol. The SMILES string of the molecule is Nc1ncnc2c1ccn2C1CCC(COc2ccc3cc(Cl)cnc3c2)O1. The molecule has 2 N–H and O–H groups in total. The molecule has 7 nitrogen and oxygen atoms in total. The average Bonchev–Trinajstić information content (AvgIpc) is 3.33. The summed E-state index contributed by atoms with van der Waals surface area (Å²) in [7, 11) is 0. The Balaban J connectivity index is 1.26. The lowest BCUT2D eigenvalue weighted by Gasteiger charge is -2.16. The maximum atomic E-state index is 6.18. The lowest BCUT2D eigenvalue weighted by atomic mass is 10.2. The van der Waals surface area contributed by atoms with E-state index in [2.05, 4.69) is 15.0 Å². The van der Waals surface area contributed by atoms with Crippen LogP contribution in [0.4, 0.5) is 5.82 Å². The Bertz CT molecular complexity index is 1160. The lowest BCUT2D eigenvalue weighted by molar-refractivity contribution is -0.0156. The molecule has 4 aromatic rings. The second kappa shape index (κ2) is 6.92. The first-order valence-electron chi connectivity index (χ1n) is 9.08. The molecule has 1 aliphatic rings. The van der Waals surface area contributed by atoms with Crippen LogP contribution in [-0.4, -0.2) is 32.2 Å². The number of nitrogen functional groups attached to an aromatic ring is 1. The van der Waals surface area contributed by atoms with E-state index in [9.17, 15) is 0 Å². The number of anilines is 1. The number of nitrogens with two attached hydrogens (primary N) is 1. The summed E-state index contributed by atoms with van der Waals surface area (Å²) >= 11 is 5.98. The molecular formula is C20H18ClN5O2. The van der Waals surface area contributed by atoms with Crippen LogP contribution < -0.4 is 10.5 Å². The van der Waals surface area contributed by atoms with Gasteiger partial charge in [0.25, 0.3) is 0 Å². The molecule has 5 rings (SSSR count). The van der Waals surface area contributed by atoms with Crippen LogP contribution in [0.2, 0.25) is 5.02 Å². The summed E-state index contributed by atoms with van der Waals surface area (Å²) in [5, 5.41) is 2.45. The highest BCUT2D eigenvalue weighted by Crippen LogP contribution is 2.32. The van der Waals surface area contributed by atoms with Crippen LogP contribution in [0.15, 0.2) is 49.1 Å². The van der Waals surface area contributed by atoms with E-state index in [1.54, 1.807) is 6.20 Å². The van der Waals surface area contributed by atoms with Crippen molar-refractivity contribution in [3.8, 4) is 5.75 Å². The molecule has 142 valence electrons. The van der Waals surface area contributed by atoms with E-state index in [1.807, 2.05) is 41.1 Å². The van der Waals surface area contributed by atoms with Gasteiger partial charge in [0.2, 0.25) is 0 Å². The first kappa shape index (κ1) is 17.2. The molecule has 1 aromatic carbocycles. The zero-order chi connectivity index (χ0) is 19.1. The average molecular weight is 396 g/mol. The van der Waals surface area contributed by atoms with Gasteiger partial charge in [-0.1, -0.05) is 11.6 Å². The van der Waals surface area contributed by atoms with Crippen LogP contribution in [0, 0.1) is 0 Å². The highest BCUT2D eigenvalue weighted by Gasteiger charge is 2.28. The summed E-state index contributed by atoms with van der Waals surface area (Å²) < 4.78 is 14.1. The number of halogens is 1. The molecule has 0 amide bonds. The third kappa shape index (κ3) is 3.12. The van der Waals surface area contributed by atoms with Gasteiger partial charge in [0.15, 0.2) is 0 Å². The molecule has 0 saturated carbocycles. The number of nitrogens with zero attached hydrogens (tertiary/aromatic N) is 4. The highest BCUT2D eigenvalue weighted by molar-refractivity contribution is 6.31. The molecule has 4 heterocycles. The molecule has 1 aliphatic heterocycles. The number of pyridine rings is 1. The molecule has 0 spiro atoms. The molecule has 1 saturated heterocycles. The van der Waals surface area contributed by atoms with Crippen LogP contribution in [-0.2, 0) is 4.74 Å². The number of benzene rings is 1. The van der Waals surface area contributed by atoms with Crippen molar-refractivity contribution in [1.82, 2.24) is 19.5 Å². The Labute approximate surface area is 166 Å². The topological polar surface area (TPSA) is 88.1 Å². The smallest absolute Gasteiger partial charge is 0.147 e. The van der Waals surface area contributed by atoms with Crippen LogP contribution in [0.3, 0.4) is 0 Å². The molecular weight excluding hydrogens is 378 g/mol. The Morgan fingerprint density at radius 3 is 3.04 bits per heavy atom. The molecule has 0 aliphatic carbocycles. The predicted octanol–water partition coefficient (Wildman–Crippen LogP) is 3.97. The van der Waals surface area contributed by atoms with Gasteiger partial charge in [0.05, 0.1) is 22.0 Å². The number of hydrogen-bond donors (Lipinski definition) is 1. The Hall–Kier alpha value is -2.90. The molecule has 28 heavy (non-hydrogen) atoms. The minimum atomic E-state index is -0.0826. The van der Waals surface area contributed by atoms with Crippen LogP contribution in [0.5, 0.6) is 5.75 Å². The molecule has 0 radical (unpaired) electrons. The van der Waals surface area contributed by atoms with Gasteiger partial charge in [-0.3, -0.25) is 4.98 Å². The largest absolute Gasteiger partial charge is 0.491 e. The summed E-state index contributed by atoms with van der Waals surface area (Å²) in [4.78, 5) is 12.7. The van der Waals surface area contributed by atoms with Gasteiger partial charge >= 0.3 is 0 Å². The molecule has 1 fully saturated rings. The molecule has 3 aromatic heterocycles. The van der Waals surface area contributed by atoms with Crippen molar-refractivity contribution in [2.75, 3.05) is 12.3 Å². The zero-order valence-corrected chi connectivity index (χ0v) is 15.7. The quantitative estimate of drug-likeness (QED) is 0.562. The van der Waals surface area contributed by atoms with Gasteiger partial charge in [-0.05, 0) is 37.1 Å². The van der Waals surface area contributed by atoms with Crippen LogP contribution in [0.25, 0.3) is 21.9 Å². The number of hydrogen-bond acceptors (Lipinski definition) is 6. The first-order valence-corrected chi connectivity index (χ1v) is 9.46. The van der Waals surface area contributed by atoms with E-state index < -0.39 is 0 Å². The van der Waals surface area contributed by atoms with Gasteiger partial charge in [0, 0.05) is 23.8 Å². The summed E-state index contributed by atoms with van der Waals surface area (Å²) in [6, 6.07) is 9.60. The maximum absolute atomic E-state index is 6.18. The van der Waals surface area contributed by atoms with Gasteiger partial charge < -0.3 is 19.8 Å². The van der Waals surface area contributed by atoms with Crippen molar-refractivity contribution in [2.24, 2.45) is 0 Å². The van der Waals surface area contributed by atoms with Gasteiger partial charge in [-0.15, -0.1) is 0 Å². The standard InChI is InChI=1S/C20H18ClN5O2/c21-13-7-12-1-2-14(8-17(12)23-9-13)27-10-15-3-4-18(28-15)26-6-5-16-19(22)24-11-25-20(16)26/h1-2,5-9,11,15,18H,3-4,10H2,(H2,22,24,25). The van der Waals surface area contributed by atoms with E-state index in [0.717, 1.165) is 40.5 Å². The summed E-state index contributed by atoms with van der Waals surface area (Å²) in [6.07, 6.45) is 6.78. The van der Waals surface area contributed by atoms with Crippen molar-refractivity contribution in [3.05, 3.63) is 54.1 Å². The normalized spacial score (nSPS) is 19.5. The van der Waals surface area contributed by atoms with Gasteiger partial charge in [0.1, 0.15) is 36.4 Å². The molecule has 2 unspecified atom stereocenters. The van der Waals surface area contributed by atoms with Crippen LogP contribution >= 0.6 is 11.6 Å². The van der Waals surface area contributed by atoms with Crippen molar-refractivity contribution >= 4 is 39.4 Å². The zero-order valence-electron chi connectivity index (χ0n) is 15.0. The summed E-state index contributed by atoms with van der Waals surface area (Å²) in [5.41, 5.74) is 7.56. The number of fused-ring (bicyclic) bond motifs is 2. The monoisotopic (exact) mass is 395 g/mol. The highest BCUT2D eigenvalue weighted by atomic mass is 35.5.